The predicted molar refractivity (Wildman–Crippen MR) is 128 cm³/mol. The van der Waals surface area contributed by atoms with Crippen LogP contribution in [0.25, 0.3) is 10.9 Å². The van der Waals surface area contributed by atoms with E-state index in [9.17, 15) is 18.0 Å². The van der Waals surface area contributed by atoms with E-state index in [0.717, 1.165) is 4.31 Å². The number of nitrogens with zero attached hydrogens (tertiary/aromatic N) is 2. The van der Waals surface area contributed by atoms with Gasteiger partial charge in [0.2, 0.25) is 0 Å². The number of methoxy groups -OCH3 is 2. The van der Waals surface area contributed by atoms with Gasteiger partial charge in [-0.2, -0.15) is 0 Å². The molecule has 0 aliphatic heterocycles. The van der Waals surface area contributed by atoms with Crippen molar-refractivity contribution in [1.29, 1.82) is 0 Å². The summed E-state index contributed by atoms with van der Waals surface area (Å²) in [7, 11) is -1.31. The number of fused-ring (bicyclic) bond motifs is 1. The van der Waals surface area contributed by atoms with Crippen LogP contribution in [0.1, 0.15) is 15.2 Å². The number of carbonyl (C=O) groups is 2. The molecule has 0 fully saturated rings. The molecule has 4 aromatic rings. The highest BCUT2D eigenvalue weighted by Crippen LogP contribution is 2.27. The Bertz CT molecular complexity index is 1440. The lowest BCUT2D eigenvalue weighted by molar-refractivity contribution is 0.0603. The van der Waals surface area contributed by atoms with Crippen LogP contribution >= 0.6 is 0 Å². The van der Waals surface area contributed by atoms with Crippen molar-refractivity contribution in [2.24, 2.45) is 0 Å². The summed E-state index contributed by atoms with van der Waals surface area (Å²) in [6.07, 6.45) is 1.38. The van der Waals surface area contributed by atoms with Crippen LogP contribution < -0.4 is 9.04 Å². The Balaban J connectivity index is 1.79. The molecule has 0 saturated carbocycles. The molecule has 1 heterocycles. The van der Waals surface area contributed by atoms with Crippen molar-refractivity contribution >= 4 is 38.5 Å². The number of para-hydroxylation sites is 1. The lowest BCUT2D eigenvalue weighted by Gasteiger charge is -2.24. The van der Waals surface area contributed by atoms with Crippen LogP contribution in [0.2, 0.25) is 0 Å². The van der Waals surface area contributed by atoms with Crippen LogP contribution in [0.15, 0.2) is 90.0 Å². The molecule has 1 aromatic heterocycles. The van der Waals surface area contributed by atoms with Gasteiger partial charge in [0.1, 0.15) is 12.3 Å². The minimum atomic E-state index is -4.08. The minimum Gasteiger partial charge on any atom is -0.497 e. The lowest BCUT2D eigenvalue weighted by atomic mass is 10.2. The van der Waals surface area contributed by atoms with Crippen molar-refractivity contribution in [2.75, 3.05) is 25.1 Å². The van der Waals surface area contributed by atoms with E-state index >= 15 is 0 Å². The zero-order valence-electron chi connectivity index (χ0n) is 18.5. The molecule has 9 heteroatoms. The van der Waals surface area contributed by atoms with Crippen molar-refractivity contribution in [2.45, 2.75) is 4.90 Å². The molecule has 0 aliphatic rings. The smallest absolute Gasteiger partial charge is 0.340 e. The Labute approximate surface area is 197 Å². The summed E-state index contributed by atoms with van der Waals surface area (Å²) in [6.45, 7) is -0.497. The summed E-state index contributed by atoms with van der Waals surface area (Å²) in [5, 5.41) is 0.532. The second-order valence-electron chi connectivity index (χ2n) is 7.34. The van der Waals surface area contributed by atoms with Crippen molar-refractivity contribution in [3.63, 3.8) is 0 Å². The molecule has 3 aromatic carbocycles. The molecule has 0 spiro atoms. The number of aromatic nitrogens is 1. The minimum absolute atomic E-state index is 0.0474. The SMILES string of the molecule is COC(=O)c1cn(C(=O)CN(c2ccc(OC)cc2)S(=O)(=O)c2ccccc2)c2ccccc12. The van der Waals surface area contributed by atoms with Crippen molar-refractivity contribution < 1.29 is 27.5 Å². The van der Waals surface area contributed by atoms with Crippen LogP contribution in [0.4, 0.5) is 5.69 Å². The highest BCUT2D eigenvalue weighted by atomic mass is 32.2. The first-order chi connectivity index (χ1) is 16.4. The van der Waals surface area contributed by atoms with Gasteiger partial charge in [-0.05, 0) is 42.5 Å². The fraction of sp³-hybridized carbons (Fsp3) is 0.120. The number of sulfonamides is 1. The maximum atomic E-state index is 13.5. The molecule has 0 saturated heterocycles. The van der Waals surface area contributed by atoms with E-state index in [4.69, 9.17) is 9.47 Å². The second-order valence-corrected chi connectivity index (χ2v) is 9.20. The average molecular weight is 479 g/mol. The van der Waals surface area contributed by atoms with Gasteiger partial charge in [-0.3, -0.25) is 13.7 Å². The molecule has 0 N–H and O–H groups in total. The Morgan fingerprint density at radius 3 is 2.18 bits per heavy atom. The van der Waals surface area contributed by atoms with Gasteiger partial charge >= 0.3 is 5.97 Å². The number of carbonyl (C=O) groups excluding carboxylic acids is 2. The number of esters is 1. The molecule has 34 heavy (non-hydrogen) atoms. The maximum absolute atomic E-state index is 13.5. The van der Waals surface area contributed by atoms with E-state index in [1.165, 1.54) is 37.1 Å². The Morgan fingerprint density at radius 2 is 1.53 bits per heavy atom. The third kappa shape index (κ3) is 4.25. The first-order valence-electron chi connectivity index (χ1n) is 10.3. The van der Waals surface area contributed by atoms with Crippen LogP contribution in [0.3, 0.4) is 0 Å². The third-order valence-electron chi connectivity index (χ3n) is 5.36. The summed E-state index contributed by atoms with van der Waals surface area (Å²) < 4.78 is 39.4. The van der Waals surface area contributed by atoms with Crippen LogP contribution in [0.5, 0.6) is 5.75 Å². The second kappa shape index (κ2) is 9.40. The summed E-state index contributed by atoms with van der Waals surface area (Å²) in [4.78, 5) is 25.7. The Hall–Kier alpha value is -4.11. The van der Waals surface area contributed by atoms with E-state index < -0.39 is 28.4 Å². The van der Waals surface area contributed by atoms with Crippen LogP contribution in [-0.2, 0) is 14.8 Å². The van der Waals surface area contributed by atoms with Gasteiger partial charge < -0.3 is 9.47 Å². The Kier molecular flexibility index (Phi) is 6.38. The number of ether oxygens (including phenoxy) is 2. The molecule has 0 atom stereocenters. The highest BCUT2D eigenvalue weighted by molar-refractivity contribution is 7.92. The summed E-state index contributed by atoms with van der Waals surface area (Å²) in [5.74, 6) is -0.584. The molecule has 0 amide bonds. The molecule has 0 bridgehead atoms. The Morgan fingerprint density at radius 1 is 0.882 bits per heavy atom. The first kappa shape index (κ1) is 23.1. The normalized spacial score (nSPS) is 11.2. The zero-order chi connectivity index (χ0) is 24.3. The molecule has 4 rings (SSSR count). The lowest BCUT2D eigenvalue weighted by Crippen LogP contribution is -2.37. The van der Waals surface area contributed by atoms with Gasteiger partial charge in [-0.1, -0.05) is 36.4 Å². The number of rotatable bonds is 7. The molecule has 8 nitrogen and oxygen atoms in total. The number of benzene rings is 3. The number of anilines is 1. The molecular formula is C25H22N2O6S. The fourth-order valence-electron chi connectivity index (χ4n) is 3.64. The standard InChI is InChI=1S/C25H22N2O6S/c1-32-19-14-12-18(13-15-19)27(34(30,31)20-8-4-3-5-9-20)17-24(28)26-16-22(25(29)33-2)21-10-6-7-11-23(21)26/h3-16H,17H2,1-2H3. The van der Waals surface area contributed by atoms with E-state index in [1.54, 1.807) is 66.7 Å². The number of hydrogen-bond donors (Lipinski definition) is 0. The van der Waals surface area contributed by atoms with E-state index in [1.807, 2.05) is 0 Å². The van der Waals surface area contributed by atoms with Gasteiger partial charge in [0.25, 0.3) is 15.9 Å². The van der Waals surface area contributed by atoms with Crippen LogP contribution in [-0.4, -0.2) is 45.6 Å². The van der Waals surface area contributed by atoms with E-state index in [0.29, 0.717) is 22.3 Å². The molecule has 174 valence electrons. The molecular weight excluding hydrogens is 456 g/mol. The largest absolute Gasteiger partial charge is 0.497 e. The summed E-state index contributed by atoms with van der Waals surface area (Å²) >= 11 is 0. The summed E-state index contributed by atoms with van der Waals surface area (Å²) in [5.41, 5.74) is 0.982. The topological polar surface area (TPSA) is 94.9 Å². The van der Waals surface area contributed by atoms with Crippen molar-refractivity contribution in [3.05, 3.63) is 90.6 Å². The monoisotopic (exact) mass is 478 g/mol. The molecule has 0 unspecified atom stereocenters. The van der Waals surface area contributed by atoms with E-state index in [2.05, 4.69) is 0 Å². The zero-order valence-corrected chi connectivity index (χ0v) is 19.4. The van der Waals surface area contributed by atoms with Gasteiger partial charge in [0.15, 0.2) is 0 Å². The molecule has 0 radical (unpaired) electrons. The van der Waals surface area contributed by atoms with E-state index in [-0.39, 0.29) is 10.5 Å². The quantitative estimate of drug-likeness (QED) is 0.373. The fourth-order valence-corrected chi connectivity index (χ4v) is 5.08. The van der Waals surface area contributed by atoms with Gasteiger partial charge in [0, 0.05) is 11.6 Å². The predicted octanol–water partition coefficient (Wildman–Crippen LogP) is 3.97. The van der Waals surface area contributed by atoms with Gasteiger partial charge in [-0.15, -0.1) is 0 Å². The maximum Gasteiger partial charge on any atom is 0.340 e. The first-order valence-corrected chi connectivity index (χ1v) is 11.7. The average Bonchev–Trinajstić information content (AvgIpc) is 3.27. The number of hydrogen-bond acceptors (Lipinski definition) is 6. The van der Waals surface area contributed by atoms with Crippen molar-refractivity contribution in [1.82, 2.24) is 4.57 Å². The van der Waals surface area contributed by atoms with Crippen LogP contribution in [0, 0.1) is 0 Å². The van der Waals surface area contributed by atoms with Gasteiger partial charge in [-0.25, -0.2) is 13.2 Å². The summed E-state index contributed by atoms with van der Waals surface area (Å²) in [6, 6.07) is 21.1. The van der Waals surface area contributed by atoms with Gasteiger partial charge in [0.05, 0.1) is 35.9 Å². The van der Waals surface area contributed by atoms with Crippen molar-refractivity contribution in [3.8, 4) is 5.75 Å². The molecule has 0 aliphatic carbocycles. The third-order valence-corrected chi connectivity index (χ3v) is 7.14. The highest BCUT2D eigenvalue weighted by Gasteiger charge is 2.29.